The average molecular weight is 401 g/mol. The van der Waals surface area contributed by atoms with Gasteiger partial charge in [0.15, 0.2) is 0 Å². The molecule has 0 spiro atoms. The normalized spacial score (nSPS) is 15.1. The van der Waals surface area contributed by atoms with E-state index in [9.17, 15) is 9.59 Å². The lowest BCUT2D eigenvalue weighted by molar-refractivity contribution is 0.0684. The Balaban J connectivity index is 1.45. The minimum Gasteiger partial charge on any atom is -0.352 e. The molecule has 28 heavy (non-hydrogen) atoms. The van der Waals surface area contributed by atoms with Crippen molar-refractivity contribution >= 4 is 23.6 Å². The van der Waals surface area contributed by atoms with Crippen LogP contribution in [0.25, 0.3) is 0 Å². The van der Waals surface area contributed by atoms with Gasteiger partial charge in [0.1, 0.15) is 0 Å². The number of carbonyl (C=O) groups excluding carboxylic acids is 2. The number of rotatable bonds is 6. The van der Waals surface area contributed by atoms with Gasteiger partial charge in [0.05, 0.1) is 11.8 Å². The van der Waals surface area contributed by atoms with Crippen LogP contribution in [0.4, 0.5) is 0 Å². The van der Waals surface area contributed by atoms with Crippen LogP contribution in [0.15, 0.2) is 41.6 Å². The van der Waals surface area contributed by atoms with Crippen molar-refractivity contribution in [2.45, 2.75) is 36.8 Å². The number of carbonyl (C=O) groups is 2. The molecule has 2 amide bonds. The van der Waals surface area contributed by atoms with Gasteiger partial charge < -0.3 is 10.2 Å². The second-order valence-corrected chi connectivity index (χ2v) is 9.19. The van der Waals surface area contributed by atoms with Crippen molar-refractivity contribution in [2.75, 3.05) is 19.6 Å². The Bertz CT molecular complexity index is 808. The Kier molecular flexibility index (Phi) is 6.78. The molecule has 6 nitrogen and oxygen atoms in total. The van der Waals surface area contributed by atoms with E-state index in [0.29, 0.717) is 23.3 Å². The molecule has 1 aliphatic heterocycles. The van der Waals surface area contributed by atoms with Crippen LogP contribution in [-0.4, -0.2) is 51.4 Å². The van der Waals surface area contributed by atoms with E-state index in [2.05, 4.69) is 24.3 Å². The molecule has 2 heterocycles. The summed E-state index contributed by atoms with van der Waals surface area (Å²) in [4.78, 5) is 28.0. The van der Waals surface area contributed by atoms with E-state index in [4.69, 9.17) is 0 Å². The van der Waals surface area contributed by atoms with Crippen molar-refractivity contribution < 1.29 is 9.59 Å². The fourth-order valence-electron chi connectivity index (χ4n) is 3.35. The lowest BCUT2D eigenvalue weighted by atomic mass is 9.96. The van der Waals surface area contributed by atoms with E-state index in [1.165, 1.54) is 4.90 Å². The number of hydrogen-bond acceptors (Lipinski definition) is 4. The number of aryl methyl sites for hydroxylation is 1. The summed E-state index contributed by atoms with van der Waals surface area (Å²) in [5, 5.41) is 7.53. The maximum absolute atomic E-state index is 12.7. The van der Waals surface area contributed by atoms with Gasteiger partial charge in [0.2, 0.25) is 0 Å². The SMILES string of the molecule is CC(C)Sc1ccc(C(=O)N2CCC(CNC(=O)c3cnn(C)c3)CC2)cc1. The van der Waals surface area contributed by atoms with Gasteiger partial charge in [-0.15, -0.1) is 11.8 Å². The maximum atomic E-state index is 12.7. The highest BCUT2D eigenvalue weighted by Crippen LogP contribution is 2.24. The quantitative estimate of drug-likeness (QED) is 0.756. The third-order valence-electron chi connectivity index (χ3n) is 4.89. The molecule has 0 bridgehead atoms. The number of likely N-dealkylation sites (tertiary alicyclic amines) is 1. The number of benzene rings is 1. The summed E-state index contributed by atoms with van der Waals surface area (Å²) >= 11 is 1.80. The molecule has 1 aromatic heterocycles. The average Bonchev–Trinajstić information content (AvgIpc) is 3.12. The number of aromatic nitrogens is 2. The lowest BCUT2D eigenvalue weighted by Gasteiger charge is -2.32. The highest BCUT2D eigenvalue weighted by molar-refractivity contribution is 7.99. The molecule has 3 rings (SSSR count). The summed E-state index contributed by atoms with van der Waals surface area (Å²) in [6.07, 6.45) is 5.09. The Morgan fingerprint density at radius 1 is 1.18 bits per heavy atom. The fourth-order valence-corrected chi connectivity index (χ4v) is 4.19. The topological polar surface area (TPSA) is 67.2 Å². The Morgan fingerprint density at radius 3 is 2.43 bits per heavy atom. The summed E-state index contributed by atoms with van der Waals surface area (Å²) < 4.78 is 1.62. The monoisotopic (exact) mass is 400 g/mol. The van der Waals surface area contributed by atoms with Crippen LogP contribution in [0.3, 0.4) is 0 Å². The first-order valence-electron chi connectivity index (χ1n) is 9.75. The van der Waals surface area contributed by atoms with Crippen LogP contribution in [0.1, 0.15) is 47.4 Å². The van der Waals surface area contributed by atoms with E-state index in [1.807, 2.05) is 29.2 Å². The molecule has 0 saturated carbocycles. The van der Waals surface area contributed by atoms with Crippen LogP contribution in [0, 0.1) is 5.92 Å². The molecule has 1 saturated heterocycles. The van der Waals surface area contributed by atoms with Crippen LogP contribution >= 0.6 is 11.8 Å². The summed E-state index contributed by atoms with van der Waals surface area (Å²) in [5.41, 5.74) is 1.32. The van der Waals surface area contributed by atoms with Crippen molar-refractivity contribution in [2.24, 2.45) is 13.0 Å². The zero-order valence-corrected chi connectivity index (χ0v) is 17.5. The molecule has 0 unspecified atom stereocenters. The molecule has 0 radical (unpaired) electrons. The van der Waals surface area contributed by atoms with Gasteiger partial charge in [-0.05, 0) is 43.0 Å². The van der Waals surface area contributed by atoms with E-state index >= 15 is 0 Å². The van der Waals surface area contributed by atoms with Crippen molar-refractivity contribution in [1.29, 1.82) is 0 Å². The minimum atomic E-state index is -0.0917. The molecule has 150 valence electrons. The number of thioether (sulfide) groups is 1. The first kappa shape index (κ1) is 20.5. The van der Waals surface area contributed by atoms with Crippen molar-refractivity contribution in [1.82, 2.24) is 20.0 Å². The van der Waals surface area contributed by atoms with Crippen molar-refractivity contribution in [3.05, 3.63) is 47.8 Å². The predicted octanol–water partition coefficient (Wildman–Crippen LogP) is 3.20. The molecular formula is C21H28N4O2S. The summed E-state index contributed by atoms with van der Waals surface area (Å²) in [5.74, 6) is 0.402. The first-order valence-corrected chi connectivity index (χ1v) is 10.6. The molecule has 7 heteroatoms. The third kappa shape index (κ3) is 5.38. The molecule has 0 atom stereocenters. The lowest BCUT2D eigenvalue weighted by Crippen LogP contribution is -2.41. The van der Waals surface area contributed by atoms with Gasteiger partial charge in [-0.2, -0.15) is 5.10 Å². The first-order chi connectivity index (χ1) is 13.4. The Hall–Kier alpha value is -2.28. The Morgan fingerprint density at radius 2 is 1.86 bits per heavy atom. The van der Waals surface area contributed by atoms with Gasteiger partial charge >= 0.3 is 0 Å². The molecule has 2 aromatic rings. The largest absolute Gasteiger partial charge is 0.352 e. The summed E-state index contributed by atoms with van der Waals surface area (Å²) in [6.45, 7) is 6.42. The predicted molar refractivity (Wildman–Crippen MR) is 112 cm³/mol. The highest BCUT2D eigenvalue weighted by Gasteiger charge is 2.24. The minimum absolute atomic E-state index is 0.0917. The van der Waals surface area contributed by atoms with Crippen molar-refractivity contribution in [3.8, 4) is 0 Å². The molecule has 0 aliphatic carbocycles. The number of piperidine rings is 1. The number of nitrogens with one attached hydrogen (secondary N) is 1. The second-order valence-electron chi connectivity index (χ2n) is 7.54. The summed E-state index contributed by atoms with van der Waals surface area (Å²) in [7, 11) is 1.79. The number of nitrogens with zero attached hydrogens (tertiary/aromatic N) is 3. The zero-order chi connectivity index (χ0) is 20.1. The van der Waals surface area contributed by atoms with Crippen LogP contribution in [0.5, 0.6) is 0 Å². The van der Waals surface area contributed by atoms with Crippen LogP contribution < -0.4 is 5.32 Å². The van der Waals surface area contributed by atoms with Crippen LogP contribution in [-0.2, 0) is 7.05 Å². The molecule has 1 fully saturated rings. The molecule has 1 aromatic carbocycles. The van der Waals surface area contributed by atoms with E-state index < -0.39 is 0 Å². The van der Waals surface area contributed by atoms with Crippen molar-refractivity contribution in [3.63, 3.8) is 0 Å². The fraction of sp³-hybridized carbons (Fsp3) is 0.476. The number of hydrogen-bond donors (Lipinski definition) is 1. The van der Waals surface area contributed by atoms with Gasteiger partial charge in [-0.3, -0.25) is 14.3 Å². The Labute approximate surface area is 170 Å². The smallest absolute Gasteiger partial charge is 0.254 e. The highest BCUT2D eigenvalue weighted by atomic mass is 32.2. The number of amides is 2. The van der Waals surface area contributed by atoms with E-state index in [-0.39, 0.29) is 11.8 Å². The molecular weight excluding hydrogens is 372 g/mol. The van der Waals surface area contributed by atoms with Crippen LogP contribution in [0.2, 0.25) is 0 Å². The third-order valence-corrected chi connectivity index (χ3v) is 5.91. The van der Waals surface area contributed by atoms with Gasteiger partial charge in [-0.25, -0.2) is 0 Å². The van der Waals surface area contributed by atoms with E-state index in [0.717, 1.165) is 31.5 Å². The standard InChI is InChI=1S/C21H28N4O2S/c1-15(2)28-19-6-4-17(5-7-19)21(27)25-10-8-16(9-11-25)12-22-20(26)18-13-23-24(3)14-18/h4-7,13-16H,8-12H2,1-3H3,(H,22,26). The summed E-state index contributed by atoms with van der Waals surface area (Å²) in [6, 6.07) is 7.90. The second kappa shape index (κ2) is 9.28. The van der Waals surface area contributed by atoms with Gasteiger partial charge in [0, 0.05) is 48.6 Å². The van der Waals surface area contributed by atoms with Gasteiger partial charge in [-0.1, -0.05) is 13.8 Å². The molecule has 1 aliphatic rings. The zero-order valence-electron chi connectivity index (χ0n) is 16.7. The van der Waals surface area contributed by atoms with E-state index in [1.54, 1.807) is 35.9 Å². The molecule has 1 N–H and O–H groups in total. The maximum Gasteiger partial charge on any atom is 0.254 e. The van der Waals surface area contributed by atoms with Gasteiger partial charge in [0.25, 0.3) is 11.8 Å².